The summed E-state index contributed by atoms with van der Waals surface area (Å²) >= 11 is 0. The number of hydrogen-bond acceptors (Lipinski definition) is 3. The number of fused-ring (bicyclic) bond motifs is 1. The second-order valence-corrected chi connectivity index (χ2v) is 6.77. The Balaban J connectivity index is 1.54. The molecule has 0 unspecified atom stereocenters. The van der Waals surface area contributed by atoms with Gasteiger partial charge < -0.3 is 10.1 Å². The first-order valence-electron chi connectivity index (χ1n) is 9.66. The molecule has 0 fully saturated rings. The van der Waals surface area contributed by atoms with Crippen LogP contribution in [0.1, 0.15) is 47.8 Å². The van der Waals surface area contributed by atoms with E-state index in [1.165, 1.54) is 21.9 Å². The van der Waals surface area contributed by atoms with Gasteiger partial charge in [0.15, 0.2) is 0 Å². The Morgan fingerprint density at radius 2 is 1.81 bits per heavy atom. The highest BCUT2D eigenvalue weighted by Crippen LogP contribution is 2.24. The van der Waals surface area contributed by atoms with E-state index in [1.54, 1.807) is 0 Å². The van der Waals surface area contributed by atoms with Gasteiger partial charge in [-0.25, -0.2) is 4.79 Å². The van der Waals surface area contributed by atoms with Crippen LogP contribution >= 0.6 is 0 Å². The summed E-state index contributed by atoms with van der Waals surface area (Å²) in [6.07, 6.45) is 1.95. The highest BCUT2D eigenvalue weighted by atomic mass is 16.5. The molecular weight excluding hydrogens is 334 g/mol. The van der Waals surface area contributed by atoms with Crippen molar-refractivity contribution >= 4 is 16.7 Å². The molecule has 27 heavy (non-hydrogen) atoms. The molecule has 0 aliphatic rings. The quantitative estimate of drug-likeness (QED) is 0.437. The predicted octanol–water partition coefficient (Wildman–Crippen LogP) is 5.30. The van der Waals surface area contributed by atoms with E-state index in [4.69, 9.17) is 4.74 Å². The first-order valence-corrected chi connectivity index (χ1v) is 9.66. The third-order valence-electron chi connectivity index (χ3n) is 4.82. The second kappa shape index (κ2) is 9.33. The zero-order chi connectivity index (χ0) is 19.1. The molecule has 0 aliphatic carbocycles. The van der Waals surface area contributed by atoms with Crippen LogP contribution in [0.4, 0.5) is 0 Å². The van der Waals surface area contributed by atoms with Gasteiger partial charge in [0.1, 0.15) is 0 Å². The number of carbonyl (C=O) groups is 1. The van der Waals surface area contributed by atoms with Gasteiger partial charge in [-0.05, 0) is 67.3 Å². The Hall–Kier alpha value is -2.65. The van der Waals surface area contributed by atoms with Gasteiger partial charge in [0, 0.05) is 6.04 Å². The van der Waals surface area contributed by atoms with Crippen LogP contribution in [-0.2, 0) is 11.2 Å². The molecule has 3 rings (SSSR count). The molecule has 3 aromatic rings. The van der Waals surface area contributed by atoms with Crippen LogP contribution in [-0.4, -0.2) is 19.1 Å². The van der Waals surface area contributed by atoms with Gasteiger partial charge >= 0.3 is 5.97 Å². The SMILES string of the molecule is CCOC(=O)c1cccc(CCCN[C@H](C)c2cccc3ccccc23)c1. The van der Waals surface area contributed by atoms with Crippen LogP contribution in [0.2, 0.25) is 0 Å². The average Bonchev–Trinajstić information content (AvgIpc) is 2.71. The lowest BCUT2D eigenvalue weighted by Gasteiger charge is -2.16. The van der Waals surface area contributed by atoms with Crippen molar-refractivity contribution in [3.05, 3.63) is 83.4 Å². The number of ether oxygens (including phenoxy) is 1. The summed E-state index contributed by atoms with van der Waals surface area (Å²) in [6, 6.07) is 23.0. The molecule has 0 spiro atoms. The molecule has 0 saturated carbocycles. The van der Waals surface area contributed by atoms with E-state index in [1.807, 2.05) is 25.1 Å². The van der Waals surface area contributed by atoms with Gasteiger partial charge in [-0.15, -0.1) is 0 Å². The number of rotatable bonds is 8. The third kappa shape index (κ3) is 4.95. The lowest BCUT2D eigenvalue weighted by atomic mass is 9.99. The first-order chi connectivity index (χ1) is 13.2. The molecule has 1 atom stereocenters. The van der Waals surface area contributed by atoms with Crippen molar-refractivity contribution in [1.82, 2.24) is 5.32 Å². The van der Waals surface area contributed by atoms with Crippen molar-refractivity contribution in [2.45, 2.75) is 32.7 Å². The van der Waals surface area contributed by atoms with Crippen molar-refractivity contribution < 1.29 is 9.53 Å². The minimum atomic E-state index is -0.248. The summed E-state index contributed by atoms with van der Waals surface area (Å²) in [6.45, 7) is 5.36. The van der Waals surface area contributed by atoms with E-state index in [2.05, 4.69) is 60.8 Å². The maximum absolute atomic E-state index is 11.8. The van der Waals surface area contributed by atoms with E-state index in [-0.39, 0.29) is 5.97 Å². The molecule has 0 bridgehead atoms. The maximum atomic E-state index is 11.8. The molecule has 3 heteroatoms. The maximum Gasteiger partial charge on any atom is 0.338 e. The number of hydrogen-bond donors (Lipinski definition) is 1. The van der Waals surface area contributed by atoms with Gasteiger partial charge in [-0.2, -0.15) is 0 Å². The minimum Gasteiger partial charge on any atom is -0.462 e. The fourth-order valence-electron chi connectivity index (χ4n) is 3.42. The average molecular weight is 361 g/mol. The zero-order valence-corrected chi connectivity index (χ0v) is 16.1. The van der Waals surface area contributed by atoms with Crippen molar-refractivity contribution in [2.75, 3.05) is 13.2 Å². The van der Waals surface area contributed by atoms with Crippen LogP contribution in [0.15, 0.2) is 66.7 Å². The molecule has 0 saturated heterocycles. The van der Waals surface area contributed by atoms with E-state index in [9.17, 15) is 4.79 Å². The Morgan fingerprint density at radius 1 is 1.04 bits per heavy atom. The molecular formula is C24H27NO2. The van der Waals surface area contributed by atoms with Gasteiger partial charge in [0.25, 0.3) is 0 Å². The van der Waals surface area contributed by atoms with Gasteiger partial charge in [-0.3, -0.25) is 0 Å². The van der Waals surface area contributed by atoms with Crippen molar-refractivity contribution in [3.63, 3.8) is 0 Å². The smallest absolute Gasteiger partial charge is 0.338 e. The lowest BCUT2D eigenvalue weighted by Crippen LogP contribution is -2.20. The van der Waals surface area contributed by atoms with E-state index < -0.39 is 0 Å². The molecule has 0 aliphatic heterocycles. The summed E-state index contributed by atoms with van der Waals surface area (Å²) in [5.74, 6) is -0.248. The topological polar surface area (TPSA) is 38.3 Å². The zero-order valence-electron chi connectivity index (χ0n) is 16.1. The predicted molar refractivity (Wildman–Crippen MR) is 111 cm³/mol. The molecule has 3 aromatic carbocycles. The molecule has 0 radical (unpaired) electrons. The standard InChI is InChI=1S/C24H27NO2/c1-3-27-24(26)21-13-6-9-19(17-21)10-8-16-25-18(2)22-15-7-12-20-11-4-5-14-23(20)22/h4-7,9,11-15,17-18,25H,3,8,10,16H2,1-2H3/t18-/m1/s1. The molecule has 3 nitrogen and oxygen atoms in total. The van der Waals surface area contributed by atoms with Crippen LogP contribution in [0.5, 0.6) is 0 Å². The number of carbonyl (C=O) groups excluding carboxylic acids is 1. The summed E-state index contributed by atoms with van der Waals surface area (Å²) < 4.78 is 5.07. The summed E-state index contributed by atoms with van der Waals surface area (Å²) in [5.41, 5.74) is 3.13. The number of aryl methyl sites for hydroxylation is 1. The minimum absolute atomic E-state index is 0.248. The number of benzene rings is 3. The first kappa shape index (κ1) is 19.1. The van der Waals surface area contributed by atoms with E-state index >= 15 is 0 Å². The summed E-state index contributed by atoms with van der Waals surface area (Å²) in [7, 11) is 0. The van der Waals surface area contributed by atoms with Gasteiger partial charge in [-0.1, -0.05) is 54.6 Å². The molecule has 140 valence electrons. The second-order valence-electron chi connectivity index (χ2n) is 6.77. The monoisotopic (exact) mass is 361 g/mol. The fraction of sp³-hybridized carbons (Fsp3) is 0.292. The van der Waals surface area contributed by atoms with E-state index in [0.717, 1.165) is 19.4 Å². The molecule has 0 amide bonds. The molecule has 1 N–H and O–H groups in total. The van der Waals surface area contributed by atoms with Crippen LogP contribution < -0.4 is 5.32 Å². The summed E-state index contributed by atoms with van der Waals surface area (Å²) in [5, 5.41) is 6.21. The van der Waals surface area contributed by atoms with Crippen molar-refractivity contribution in [2.24, 2.45) is 0 Å². The third-order valence-corrected chi connectivity index (χ3v) is 4.82. The highest BCUT2D eigenvalue weighted by Gasteiger charge is 2.09. The van der Waals surface area contributed by atoms with Gasteiger partial charge in [0.05, 0.1) is 12.2 Å². The van der Waals surface area contributed by atoms with Crippen molar-refractivity contribution in [3.8, 4) is 0 Å². The normalized spacial score (nSPS) is 12.1. The van der Waals surface area contributed by atoms with Crippen molar-refractivity contribution in [1.29, 1.82) is 0 Å². The van der Waals surface area contributed by atoms with E-state index in [0.29, 0.717) is 18.2 Å². The number of esters is 1. The molecule has 0 heterocycles. The fourth-order valence-corrected chi connectivity index (χ4v) is 3.42. The van der Waals surface area contributed by atoms with Crippen LogP contribution in [0.3, 0.4) is 0 Å². The van der Waals surface area contributed by atoms with Crippen LogP contribution in [0, 0.1) is 0 Å². The molecule has 0 aromatic heterocycles. The number of nitrogens with one attached hydrogen (secondary N) is 1. The Kier molecular flexibility index (Phi) is 6.61. The largest absolute Gasteiger partial charge is 0.462 e. The Labute approximate surface area is 161 Å². The Bertz CT molecular complexity index is 898. The van der Waals surface area contributed by atoms with Gasteiger partial charge in [0.2, 0.25) is 0 Å². The van der Waals surface area contributed by atoms with Crippen LogP contribution in [0.25, 0.3) is 10.8 Å². The Morgan fingerprint density at radius 3 is 2.67 bits per heavy atom. The lowest BCUT2D eigenvalue weighted by molar-refractivity contribution is 0.0526. The summed E-state index contributed by atoms with van der Waals surface area (Å²) in [4.78, 5) is 11.8. The highest BCUT2D eigenvalue weighted by molar-refractivity contribution is 5.89.